The van der Waals surface area contributed by atoms with Gasteiger partial charge in [0.1, 0.15) is 11.3 Å². The van der Waals surface area contributed by atoms with E-state index in [0.29, 0.717) is 17.8 Å². The van der Waals surface area contributed by atoms with Gasteiger partial charge in [-0.25, -0.2) is 4.79 Å². The molecule has 0 aliphatic rings. The third-order valence-corrected chi connectivity index (χ3v) is 6.14. The number of aromatic nitrogens is 2. The Labute approximate surface area is 196 Å². The van der Waals surface area contributed by atoms with E-state index in [1.54, 1.807) is 10.9 Å². The first-order chi connectivity index (χ1) is 16.0. The third kappa shape index (κ3) is 5.38. The zero-order chi connectivity index (χ0) is 23.2. The van der Waals surface area contributed by atoms with Crippen LogP contribution in [0, 0.1) is 6.92 Å². The molecule has 7 heteroatoms. The van der Waals surface area contributed by atoms with E-state index in [2.05, 4.69) is 10.4 Å². The Kier molecular flexibility index (Phi) is 7.00. The fraction of sp³-hybridized carbons (Fsp3) is 0.192. The average Bonchev–Trinajstić information content (AvgIpc) is 3.49. The van der Waals surface area contributed by atoms with Crippen LogP contribution in [-0.2, 0) is 22.5 Å². The Morgan fingerprint density at radius 3 is 2.61 bits per heavy atom. The molecule has 2 aromatic heterocycles. The van der Waals surface area contributed by atoms with Crippen LogP contribution in [0.1, 0.15) is 34.0 Å². The van der Waals surface area contributed by atoms with Crippen LogP contribution in [0.5, 0.6) is 0 Å². The van der Waals surface area contributed by atoms with Gasteiger partial charge in [0.2, 0.25) is 0 Å². The van der Waals surface area contributed by atoms with Gasteiger partial charge in [-0.3, -0.25) is 9.48 Å². The number of carbonyl (C=O) groups is 2. The van der Waals surface area contributed by atoms with E-state index in [0.717, 1.165) is 33.7 Å². The van der Waals surface area contributed by atoms with Crippen LogP contribution < -0.4 is 5.32 Å². The fourth-order valence-electron chi connectivity index (χ4n) is 3.60. The second-order valence-corrected chi connectivity index (χ2v) is 8.59. The number of hydrogen-bond donors (Lipinski definition) is 1. The van der Waals surface area contributed by atoms with E-state index in [4.69, 9.17) is 4.74 Å². The molecular formula is C26H25N3O3S. The Bertz CT molecular complexity index is 1250. The molecule has 0 aliphatic heterocycles. The number of nitrogens with one attached hydrogen (secondary N) is 1. The second kappa shape index (κ2) is 10.3. The van der Waals surface area contributed by atoms with Crippen LogP contribution in [0.25, 0.3) is 10.6 Å². The van der Waals surface area contributed by atoms with E-state index in [1.807, 2.05) is 79.9 Å². The van der Waals surface area contributed by atoms with Gasteiger partial charge >= 0.3 is 5.97 Å². The predicted molar refractivity (Wildman–Crippen MR) is 131 cm³/mol. The summed E-state index contributed by atoms with van der Waals surface area (Å²) in [6.07, 6.45) is 2.47. The highest BCUT2D eigenvalue weighted by Crippen LogP contribution is 2.27. The molecule has 0 spiro atoms. The molecule has 2 heterocycles. The highest BCUT2D eigenvalue weighted by molar-refractivity contribution is 7.13. The Morgan fingerprint density at radius 2 is 1.88 bits per heavy atom. The number of rotatable bonds is 8. The zero-order valence-corrected chi connectivity index (χ0v) is 19.4. The highest BCUT2D eigenvalue weighted by atomic mass is 32.1. The van der Waals surface area contributed by atoms with Crippen molar-refractivity contribution in [3.8, 4) is 10.6 Å². The summed E-state index contributed by atoms with van der Waals surface area (Å²) >= 11 is 1.50. The fourth-order valence-corrected chi connectivity index (χ4v) is 4.33. The Balaban J connectivity index is 1.49. The first kappa shape index (κ1) is 22.5. The van der Waals surface area contributed by atoms with Crippen LogP contribution in [0.15, 0.2) is 72.2 Å². The largest absolute Gasteiger partial charge is 0.452 e. The molecule has 4 rings (SSSR count). The van der Waals surface area contributed by atoms with Crippen molar-refractivity contribution in [3.63, 3.8) is 0 Å². The maximum absolute atomic E-state index is 12.9. The quantitative estimate of drug-likeness (QED) is 0.362. The van der Waals surface area contributed by atoms with Crippen molar-refractivity contribution >= 4 is 28.9 Å². The number of hydrogen-bond acceptors (Lipinski definition) is 5. The van der Waals surface area contributed by atoms with E-state index < -0.39 is 5.97 Å². The lowest BCUT2D eigenvalue weighted by Crippen LogP contribution is -2.22. The summed E-state index contributed by atoms with van der Waals surface area (Å²) in [6, 6.07) is 19.6. The normalized spacial score (nSPS) is 10.7. The molecular weight excluding hydrogens is 434 g/mol. The minimum atomic E-state index is -0.576. The van der Waals surface area contributed by atoms with Crippen molar-refractivity contribution in [3.05, 3.63) is 94.5 Å². The smallest absolute Gasteiger partial charge is 0.342 e. The van der Waals surface area contributed by atoms with Crippen molar-refractivity contribution in [2.75, 3.05) is 11.9 Å². The van der Waals surface area contributed by atoms with Gasteiger partial charge in [-0.05, 0) is 41.5 Å². The topological polar surface area (TPSA) is 73.2 Å². The van der Waals surface area contributed by atoms with Gasteiger partial charge in [0.05, 0.1) is 11.4 Å². The lowest BCUT2D eigenvalue weighted by molar-refractivity contribution is -0.119. The summed E-state index contributed by atoms with van der Waals surface area (Å²) in [7, 11) is 0. The molecule has 2 aromatic carbocycles. The first-order valence-electron chi connectivity index (χ1n) is 10.8. The number of amides is 1. The van der Waals surface area contributed by atoms with Gasteiger partial charge < -0.3 is 10.1 Å². The minimum Gasteiger partial charge on any atom is -0.452 e. The minimum absolute atomic E-state index is 0.339. The number of para-hydroxylation sites is 1. The van der Waals surface area contributed by atoms with Gasteiger partial charge in [0.15, 0.2) is 6.61 Å². The van der Waals surface area contributed by atoms with Crippen LogP contribution in [0.2, 0.25) is 0 Å². The maximum Gasteiger partial charge on any atom is 0.342 e. The SMILES string of the molecule is CCc1cccc(C)c1NC(=O)COC(=O)c1cn(Cc2ccccc2)nc1-c1cccs1. The Morgan fingerprint density at radius 1 is 1.06 bits per heavy atom. The monoisotopic (exact) mass is 459 g/mol. The molecule has 1 N–H and O–H groups in total. The molecule has 33 heavy (non-hydrogen) atoms. The summed E-state index contributed by atoms with van der Waals surface area (Å²) in [5, 5.41) is 9.44. The molecule has 0 atom stereocenters. The molecule has 0 aliphatic carbocycles. The number of aryl methyl sites for hydroxylation is 2. The standard InChI is InChI=1S/C26H25N3O3S/c1-3-20-12-7-9-18(2)24(20)27-23(30)17-32-26(31)21-16-29(15-19-10-5-4-6-11-19)28-25(21)22-13-8-14-33-22/h4-14,16H,3,15,17H2,1-2H3,(H,27,30). The van der Waals surface area contributed by atoms with E-state index >= 15 is 0 Å². The number of anilines is 1. The molecule has 4 aromatic rings. The lowest BCUT2D eigenvalue weighted by atomic mass is 10.1. The molecule has 1 amide bonds. The highest BCUT2D eigenvalue weighted by Gasteiger charge is 2.21. The number of esters is 1. The van der Waals surface area contributed by atoms with Crippen molar-refractivity contribution in [2.45, 2.75) is 26.8 Å². The van der Waals surface area contributed by atoms with Crippen LogP contribution >= 0.6 is 11.3 Å². The Hall–Kier alpha value is -3.71. The third-order valence-electron chi connectivity index (χ3n) is 5.26. The summed E-state index contributed by atoms with van der Waals surface area (Å²) in [4.78, 5) is 26.3. The molecule has 0 saturated heterocycles. The molecule has 6 nitrogen and oxygen atoms in total. The van der Waals surface area contributed by atoms with Gasteiger partial charge in [-0.15, -0.1) is 11.3 Å². The van der Waals surface area contributed by atoms with Crippen LogP contribution in [0.4, 0.5) is 5.69 Å². The molecule has 0 bridgehead atoms. The average molecular weight is 460 g/mol. The lowest BCUT2D eigenvalue weighted by Gasteiger charge is -2.13. The molecule has 0 unspecified atom stereocenters. The van der Waals surface area contributed by atoms with E-state index in [-0.39, 0.29) is 12.5 Å². The van der Waals surface area contributed by atoms with Gasteiger partial charge in [-0.2, -0.15) is 5.10 Å². The molecule has 168 valence electrons. The summed E-state index contributed by atoms with van der Waals surface area (Å²) in [6.45, 7) is 4.13. The van der Waals surface area contributed by atoms with Gasteiger partial charge in [-0.1, -0.05) is 61.5 Å². The van der Waals surface area contributed by atoms with Crippen LogP contribution in [0.3, 0.4) is 0 Å². The summed E-state index contributed by atoms with van der Waals surface area (Å²) in [5.41, 5.74) is 4.75. The van der Waals surface area contributed by atoms with E-state index in [1.165, 1.54) is 11.3 Å². The van der Waals surface area contributed by atoms with Crippen LogP contribution in [-0.4, -0.2) is 28.3 Å². The predicted octanol–water partition coefficient (Wildman–Crippen LogP) is 5.33. The molecule has 0 fully saturated rings. The maximum atomic E-state index is 12.9. The number of ether oxygens (including phenoxy) is 1. The first-order valence-corrected chi connectivity index (χ1v) is 11.6. The number of benzene rings is 2. The van der Waals surface area contributed by atoms with Crippen molar-refractivity contribution in [1.29, 1.82) is 0 Å². The number of carbonyl (C=O) groups excluding carboxylic acids is 2. The van der Waals surface area contributed by atoms with E-state index in [9.17, 15) is 9.59 Å². The summed E-state index contributed by atoms with van der Waals surface area (Å²) in [5.74, 6) is -0.949. The molecule has 0 saturated carbocycles. The molecule has 0 radical (unpaired) electrons. The van der Waals surface area contributed by atoms with Crippen molar-refractivity contribution < 1.29 is 14.3 Å². The zero-order valence-electron chi connectivity index (χ0n) is 18.6. The number of thiophene rings is 1. The number of nitrogens with zero attached hydrogens (tertiary/aromatic N) is 2. The van der Waals surface area contributed by atoms with Gasteiger partial charge in [0.25, 0.3) is 5.91 Å². The van der Waals surface area contributed by atoms with Crippen molar-refractivity contribution in [1.82, 2.24) is 9.78 Å². The van der Waals surface area contributed by atoms with Crippen molar-refractivity contribution in [2.24, 2.45) is 0 Å². The second-order valence-electron chi connectivity index (χ2n) is 7.64. The summed E-state index contributed by atoms with van der Waals surface area (Å²) < 4.78 is 7.10. The van der Waals surface area contributed by atoms with Gasteiger partial charge in [0, 0.05) is 11.9 Å².